The molecular weight excluding hydrogens is 286 g/mol. The monoisotopic (exact) mass is 301 g/mol. The molecule has 1 N–H and O–H groups in total. The Morgan fingerprint density at radius 2 is 2.05 bits per heavy atom. The van der Waals surface area contributed by atoms with Crippen LogP contribution in [-0.4, -0.2) is 24.2 Å². The van der Waals surface area contributed by atoms with Crippen LogP contribution in [0.2, 0.25) is 0 Å². The van der Waals surface area contributed by atoms with Crippen molar-refractivity contribution in [1.82, 2.24) is 9.97 Å². The average molecular weight is 301 g/mol. The Hall–Kier alpha value is -2.34. The highest BCUT2D eigenvalue weighted by Gasteiger charge is 2.10. The first-order valence-corrected chi connectivity index (χ1v) is 7.33. The summed E-state index contributed by atoms with van der Waals surface area (Å²) in [6.07, 6.45) is 1.57. The van der Waals surface area contributed by atoms with E-state index in [9.17, 15) is 0 Å². The fourth-order valence-corrected chi connectivity index (χ4v) is 3.00. The van der Waals surface area contributed by atoms with Crippen molar-refractivity contribution >= 4 is 27.4 Å². The fourth-order valence-electron chi connectivity index (χ4n) is 2.19. The van der Waals surface area contributed by atoms with Crippen LogP contribution in [0.1, 0.15) is 5.56 Å². The summed E-state index contributed by atoms with van der Waals surface area (Å²) in [6, 6.07) is 7.81. The Morgan fingerprint density at radius 1 is 1.14 bits per heavy atom. The maximum Gasteiger partial charge on any atom is 0.165 e. The molecule has 0 bridgehead atoms. The number of nitrogens with one attached hydrogen (secondary N) is 1. The summed E-state index contributed by atoms with van der Waals surface area (Å²) in [5.74, 6) is 2.30. The predicted molar refractivity (Wildman–Crippen MR) is 84.3 cm³/mol. The van der Waals surface area contributed by atoms with E-state index in [-0.39, 0.29) is 0 Å². The highest BCUT2D eigenvalue weighted by atomic mass is 32.1. The lowest BCUT2D eigenvalue weighted by Gasteiger charge is -2.13. The number of aromatic nitrogens is 2. The van der Waals surface area contributed by atoms with Gasteiger partial charge in [0.15, 0.2) is 11.5 Å². The molecule has 2 heterocycles. The van der Waals surface area contributed by atoms with Gasteiger partial charge in [0.25, 0.3) is 0 Å². The van der Waals surface area contributed by atoms with Crippen LogP contribution in [0.3, 0.4) is 0 Å². The molecule has 0 saturated carbocycles. The number of fused-ring (bicyclic) bond motifs is 1. The van der Waals surface area contributed by atoms with Crippen molar-refractivity contribution < 1.29 is 9.47 Å². The van der Waals surface area contributed by atoms with E-state index < -0.39 is 0 Å². The summed E-state index contributed by atoms with van der Waals surface area (Å²) in [4.78, 5) is 8.54. The molecule has 5 nitrogen and oxygen atoms in total. The van der Waals surface area contributed by atoms with E-state index in [0.717, 1.165) is 33.1 Å². The molecule has 0 spiro atoms. The van der Waals surface area contributed by atoms with Crippen LogP contribution in [0.5, 0.6) is 11.5 Å². The van der Waals surface area contributed by atoms with E-state index in [0.29, 0.717) is 6.54 Å². The van der Waals surface area contributed by atoms with Gasteiger partial charge in [-0.25, -0.2) is 9.97 Å². The van der Waals surface area contributed by atoms with E-state index in [4.69, 9.17) is 9.47 Å². The van der Waals surface area contributed by atoms with Crippen LogP contribution in [0.4, 0.5) is 5.82 Å². The zero-order chi connectivity index (χ0) is 14.7. The van der Waals surface area contributed by atoms with Crippen LogP contribution in [0, 0.1) is 0 Å². The quantitative estimate of drug-likeness (QED) is 0.783. The maximum atomic E-state index is 5.43. The molecule has 21 heavy (non-hydrogen) atoms. The van der Waals surface area contributed by atoms with Crippen LogP contribution in [0.25, 0.3) is 10.2 Å². The standard InChI is InChI=1S/C15H15N3O2S/c1-19-12-5-3-4-10(13(12)20-2)8-16-15-14-11(6-7-21-14)17-9-18-15/h3-7,9H,8H2,1-2H3,(H,16,17,18). The van der Waals surface area contributed by atoms with Crippen molar-refractivity contribution in [3.05, 3.63) is 41.5 Å². The minimum absolute atomic E-state index is 0.602. The van der Waals surface area contributed by atoms with E-state index >= 15 is 0 Å². The molecular formula is C15H15N3O2S. The first-order chi connectivity index (χ1) is 10.3. The molecule has 2 aromatic heterocycles. The fraction of sp³-hybridized carbons (Fsp3) is 0.200. The van der Waals surface area contributed by atoms with Gasteiger partial charge in [0.2, 0.25) is 0 Å². The Bertz CT molecular complexity index is 758. The lowest BCUT2D eigenvalue weighted by atomic mass is 10.2. The van der Waals surface area contributed by atoms with E-state index in [1.807, 2.05) is 29.6 Å². The van der Waals surface area contributed by atoms with Gasteiger partial charge in [-0.3, -0.25) is 0 Å². The van der Waals surface area contributed by atoms with Gasteiger partial charge in [-0.2, -0.15) is 0 Å². The first kappa shape index (κ1) is 13.6. The third kappa shape index (κ3) is 2.62. The summed E-state index contributed by atoms with van der Waals surface area (Å²) in [6.45, 7) is 0.602. The van der Waals surface area contributed by atoms with Crippen molar-refractivity contribution in [1.29, 1.82) is 0 Å². The molecule has 0 aliphatic rings. The highest BCUT2D eigenvalue weighted by Crippen LogP contribution is 2.32. The molecule has 108 valence electrons. The van der Waals surface area contributed by atoms with Crippen LogP contribution in [-0.2, 0) is 6.54 Å². The number of para-hydroxylation sites is 1. The second-order valence-electron chi connectivity index (χ2n) is 4.36. The smallest absolute Gasteiger partial charge is 0.165 e. The Kier molecular flexibility index (Phi) is 3.87. The molecule has 0 amide bonds. The van der Waals surface area contributed by atoms with E-state index in [1.54, 1.807) is 31.9 Å². The SMILES string of the molecule is COc1cccc(CNc2ncnc3ccsc23)c1OC. The van der Waals surface area contributed by atoms with Gasteiger partial charge < -0.3 is 14.8 Å². The minimum atomic E-state index is 0.602. The molecule has 0 unspecified atom stereocenters. The van der Waals surface area contributed by atoms with Crippen LogP contribution in [0.15, 0.2) is 36.0 Å². The van der Waals surface area contributed by atoms with Gasteiger partial charge in [-0.05, 0) is 17.5 Å². The lowest BCUT2D eigenvalue weighted by molar-refractivity contribution is 0.352. The molecule has 0 saturated heterocycles. The van der Waals surface area contributed by atoms with Crippen molar-refractivity contribution in [2.24, 2.45) is 0 Å². The normalized spacial score (nSPS) is 10.6. The molecule has 0 aliphatic carbocycles. The summed E-state index contributed by atoms with van der Waals surface area (Å²) >= 11 is 1.62. The summed E-state index contributed by atoms with van der Waals surface area (Å²) in [5, 5.41) is 5.35. The zero-order valence-corrected chi connectivity index (χ0v) is 12.6. The van der Waals surface area contributed by atoms with Gasteiger partial charge in [0.1, 0.15) is 12.1 Å². The molecule has 3 aromatic rings. The number of ether oxygens (including phenoxy) is 2. The summed E-state index contributed by atoms with van der Waals surface area (Å²) in [7, 11) is 3.28. The number of methoxy groups -OCH3 is 2. The second-order valence-corrected chi connectivity index (χ2v) is 5.28. The van der Waals surface area contributed by atoms with Crippen LogP contribution >= 0.6 is 11.3 Å². The third-order valence-electron chi connectivity index (χ3n) is 3.17. The Balaban J connectivity index is 1.86. The van der Waals surface area contributed by atoms with Gasteiger partial charge in [-0.15, -0.1) is 11.3 Å². The Labute approximate surface area is 126 Å². The number of hydrogen-bond donors (Lipinski definition) is 1. The molecule has 0 fully saturated rings. The average Bonchev–Trinajstić information content (AvgIpc) is 3.01. The number of hydrogen-bond acceptors (Lipinski definition) is 6. The minimum Gasteiger partial charge on any atom is -0.493 e. The summed E-state index contributed by atoms with van der Waals surface area (Å²) < 4.78 is 11.8. The number of thiophene rings is 1. The largest absolute Gasteiger partial charge is 0.493 e. The molecule has 6 heteroatoms. The molecule has 0 radical (unpaired) electrons. The molecule has 0 atom stereocenters. The number of nitrogens with zero attached hydrogens (tertiary/aromatic N) is 2. The molecule has 1 aromatic carbocycles. The van der Waals surface area contributed by atoms with E-state index in [1.165, 1.54) is 0 Å². The van der Waals surface area contributed by atoms with Crippen molar-refractivity contribution in [3.63, 3.8) is 0 Å². The zero-order valence-electron chi connectivity index (χ0n) is 11.8. The number of benzene rings is 1. The van der Waals surface area contributed by atoms with Gasteiger partial charge >= 0.3 is 0 Å². The van der Waals surface area contributed by atoms with Gasteiger partial charge in [0, 0.05) is 12.1 Å². The molecule has 0 aliphatic heterocycles. The maximum absolute atomic E-state index is 5.43. The first-order valence-electron chi connectivity index (χ1n) is 6.45. The van der Waals surface area contributed by atoms with Crippen molar-refractivity contribution in [2.45, 2.75) is 6.54 Å². The number of anilines is 1. The third-order valence-corrected chi connectivity index (χ3v) is 4.08. The van der Waals surface area contributed by atoms with Crippen LogP contribution < -0.4 is 14.8 Å². The van der Waals surface area contributed by atoms with Crippen molar-refractivity contribution in [3.8, 4) is 11.5 Å². The van der Waals surface area contributed by atoms with Gasteiger partial charge in [-0.1, -0.05) is 12.1 Å². The second kappa shape index (κ2) is 5.97. The Morgan fingerprint density at radius 3 is 2.86 bits per heavy atom. The highest BCUT2D eigenvalue weighted by molar-refractivity contribution is 7.17. The number of rotatable bonds is 5. The van der Waals surface area contributed by atoms with E-state index in [2.05, 4.69) is 15.3 Å². The predicted octanol–water partition coefficient (Wildman–Crippen LogP) is 3.32. The summed E-state index contributed by atoms with van der Waals surface area (Å²) in [5.41, 5.74) is 1.97. The van der Waals surface area contributed by atoms with Gasteiger partial charge in [0.05, 0.1) is 24.4 Å². The lowest BCUT2D eigenvalue weighted by Crippen LogP contribution is -2.04. The molecule has 3 rings (SSSR count). The topological polar surface area (TPSA) is 56.3 Å². The van der Waals surface area contributed by atoms with Crippen molar-refractivity contribution in [2.75, 3.05) is 19.5 Å².